The van der Waals surface area contributed by atoms with Gasteiger partial charge in [0.05, 0.1) is 18.3 Å². The van der Waals surface area contributed by atoms with Crippen molar-refractivity contribution < 1.29 is 9.53 Å². The molecule has 6 nitrogen and oxygen atoms in total. The Hall–Kier alpha value is -2.67. The summed E-state index contributed by atoms with van der Waals surface area (Å²) in [5, 5.41) is 13.5. The van der Waals surface area contributed by atoms with E-state index in [0.29, 0.717) is 12.1 Å². The molecule has 3 heterocycles. The van der Waals surface area contributed by atoms with Crippen LogP contribution in [0.2, 0.25) is 0 Å². The largest absolute Gasteiger partial charge is 0.444 e. The molecule has 3 rings (SSSR count). The summed E-state index contributed by atoms with van der Waals surface area (Å²) in [5.74, 6) is 0.0378. The van der Waals surface area contributed by atoms with Crippen molar-refractivity contribution in [1.29, 1.82) is 5.41 Å². The monoisotopic (exact) mass is 356 g/mol. The highest BCUT2D eigenvalue weighted by Crippen LogP contribution is 2.20. The number of carbonyl (C=O) groups is 1. The van der Waals surface area contributed by atoms with E-state index in [4.69, 9.17) is 10.1 Å². The van der Waals surface area contributed by atoms with Gasteiger partial charge in [-0.2, -0.15) is 0 Å². The molecule has 0 atom stereocenters. The van der Waals surface area contributed by atoms with Gasteiger partial charge < -0.3 is 9.30 Å². The van der Waals surface area contributed by atoms with Crippen LogP contribution in [0.25, 0.3) is 10.9 Å². The van der Waals surface area contributed by atoms with Crippen LogP contribution in [0.15, 0.2) is 42.2 Å². The van der Waals surface area contributed by atoms with Crippen LogP contribution in [0.4, 0.5) is 4.79 Å². The van der Waals surface area contributed by atoms with Crippen LogP contribution in [-0.2, 0) is 11.3 Å². The first-order valence-corrected chi connectivity index (χ1v) is 8.75. The van der Waals surface area contributed by atoms with E-state index in [9.17, 15) is 4.79 Å². The van der Waals surface area contributed by atoms with E-state index >= 15 is 0 Å². The molecular weight excluding hydrogens is 336 g/mol. The number of carbonyl (C=O) groups excluding carboxylic acids is 1. The van der Waals surface area contributed by atoms with E-state index in [-0.39, 0.29) is 5.84 Å². The first-order valence-electron chi connectivity index (χ1n) is 7.87. The van der Waals surface area contributed by atoms with Crippen LogP contribution in [0.3, 0.4) is 0 Å². The van der Waals surface area contributed by atoms with Gasteiger partial charge in [0.25, 0.3) is 0 Å². The second-order valence-electron chi connectivity index (χ2n) is 6.68. The third kappa shape index (κ3) is 4.24. The Morgan fingerprint density at radius 2 is 2.20 bits per heavy atom. The van der Waals surface area contributed by atoms with E-state index in [1.807, 2.05) is 29.9 Å². The summed E-state index contributed by atoms with van der Waals surface area (Å²) in [6, 6.07) is 5.94. The predicted molar refractivity (Wildman–Crippen MR) is 99.4 cm³/mol. The van der Waals surface area contributed by atoms with Crippen LogP contribution in [0.1, 0.15) is 31.2 Å². The van der Waals surface area contributed by atoms with Gasteiger partial charge in [0.2, 0.25) is 0 Å². The van der Waals surface area contributed by atoms with Gasteiger partial charge in [0.1, 0.15) is 11.4 Å². The number of nitrogens with one attached hydrogen (secondary N) is 2. The normalized spacial score (nSPS) is 11.5. The fourth-order valence-corrected chi connectivity index (χ4v) is 3.28. The standard InChI is InChI=1S/C18H20N4O2S/c1-18(2,3)24-17(23)21-16(19)13-8-14(25-11-13)10-22-7-5-12-4-6-20-9-15(12)22/h4-9,11H,10H2,1-3H3,(H2,19,21,23). The number of amides is 1. The topological polar surface area (TPSA) is 80.0 Å². The van der Waals surface area contributed by atoms with E-state index < -0.39 is 11.7 Å². The van der Waals surface area contributed by atoms with Crippen molar-refractivity contribution in [2.45, 2.75) is 32.9 Å². The highest BCUT2D eigenvalue weighted by molar-refractivity contribution is 7.10. The molecule has 0 bridgehead atoms. The Morgan fingerprint density at radius 1 is 1.40 bits per heavy atom. The Balaban J connectivity index is 1.68. The summed E-state index contributed by atoms with van der Waals surface area (Å²) in [5.41, 5.74) is 1.15. The van der Waals surface area contributed by atoms with Crippen LogP contribution in [-0.4, -0.2) is 27.1 Å². The lowest BCUT2D eigenvalue weighted by Gasteiger charge is -2.19. The van der Waals surface area contributed by atoms with Crippen molar-refractivity contribution in [3.05, 3.63) is 52.6 Å². The third-order valence-corrected chi connectivity index (χ3v) is 4.39. The zero-order valence-electron chi connectivity index (χ0n) is 14.4. The van der Waals surface area contributed by atoms with Crippen molar-refractivity contribution >= 4 is 34.2 Å². The van der Waals surface area contributed by atoms with Gasteiger partial charge in [0.15, 0.2) is 0 Å². The average molecular weight is 356 g/mol. The molecule has 3 aromatic heterocycles. The molecule has 0 aliphatic carbocycles. The molecule has 0 unspecified atom stereocenters. The molecule has 0 aliphatic heterocycles. The minimum atomic E-state index is -0.618. The van der Waals surface area contributed by atoms with Gasteiger partial charge >= 0.3 is 6.09 Å². The second-order valence-corrected chi connectivity index (χ2v) is 7.68. The molecule has 0 saturated heterocycles. The molecule has 25 heavy (non-hydrogen) atoms. The number of ether oxygens (including phenoxy) is 1. The first-order chi connectivity index (χ1) is 11.8. The molecule has 0 aromatic carbocycles. The third-order valence-electron chi connectivity index (χ3n) is 3.47. The molecular formula is C18H20N4O2S. The van der Waals surface area contributed by atoms with Crippen molar-refractivity contribution in [2.24, 2.45) is 0 Å². The van der Waals surface area contributed by atoms with Gasteiger partial charge in [-0.05, 0) is 39.0 Å². The molecule has 3 aromatic rings. The summed E-state index contributed by atoms with van der Waals surface area (Å²) in [7, 11) is 0. The zero-order chi connectivity index (χ0) is 18.0. The summed E-state index contributed by atoms with van der Waals surface area (Å²) in [6.07, 6.45) is 5.03. The lowest BCUT2D eigenvalue weighted by Crippen LogP contribution is -2.36. The number of alkyl carbamates (subject to hydrolysis) is 1. The van der Waals surface area contributed by atoms with Crippen LogP contribution >= 0.6 is 11.3 Å². The number of pyridine rings is 1. The smallest absolute Gasteiger partial charge is 0.413 e. The zero-order valence-corrected chi connectivity index (χ0v) is 15.2. The summed E-state index contributed by atoms with van der Waals surface area (Å²) in [4.78, 5) is 17.0. The van der Waals surface area contributed by atoms with Crippen LogP contribution in [0.5, 0.6) is 0 Å². The molecule has 0 fully saturated rings. The maximum absolute atomic E-state index is 11.8. The van der Waals surface area contributed by atoms with E-state index in [2.05, 4.69) is 20.9 Å². The molecule has 0 radical (unpaired) electrons. The van der Waals surface area contributed by atoms with Gasteiger partial charge in [0, 0.05) is 33.6 Å². The Kier molecular flexibility index (Phi) is 4.59. The quantitative estimate of drug-likeness (QED) is 0.550. The van der Waals surface area contributed by atoms with Crippen molar-refractivity contribution in [2.75, 3.05) is 0 Å². The average Bonchev–Trinajstić information content (AvgIpc) is 3.13. The number of hydrogen-bond acceptors (Lipinski definition) is 5. The number of amidine groups is 1. The minimum Gasteiger partial charge on any atom is -0.444 e. The van der Waals surface area contributed by atoms with E-state index in [1.54, 1.807) is 38.3 Å². The van der Waals surface area contributed by atoms with Crippen molar-refractivity contribution in [3.63, 3.8) is 0 Å². The first kappa shape index (κ1) is 17.2. The number of fused-ring (bicyclic) bond motifs is 1. The predicted octanol–water partition coefficient (Wildman–Crippen LogP) is 4.00. The van der Waals surface area contributed by atoms with Gasteiger partial charge in [-0.1, -0.05) is 0 Å². The van der Waals surface area contributed by atoms with E-state index in [1.165, 1.54) is 0 Å². The summed E-state index contributed by atoms with van der Waals surface area (Å²) < 4.78 is 7.29. The SMILES string of the molecule is CC(C)(C)OC(=O)NC(=N)c1csc(Cn2ccc3ccncc32)c1. The fraction of sp³-hybridized carbons (Fsp3) is 0.278. The highest BCUT2D eigenvalue weighted by Gasteiger charge is 2.18. The van der Waals surface area contributed by atoms with Crippen LogP contribution < -0.4 is 5.32 Å². The lowest BCUT2D eigenvalue weighted by molar-refractivity contribution is 0.0563. The Labute approximate surface area is 150 Å². The molecule has 2 N–H and O–H groups in total. The maximum atomic E-state index is 11.8. The maximum Gasteiger partial charge on any atom is 0.413 e. The van der Waals surface area contributed by atoms with Crippen molar-refractivity contribution in [3.8, 4) is 0 Å². The number of thiophene rings is 1. The molecule has 130 valence electrons. The van der Waals surface area contributed by atoms with Crippen molar-refractivity contribution in [1.82, 2.24) is 14.9 Å². The summed E-state index contributed by atoms with van der Waals surface area (Å²) in [6.45, 7) is 6.05. The fourth-order valence-electron chi connectivity index (χ4n) is 2.41. The van der Waals surface area contributed by atoms with Gasteiger partial charge in [-0.3, -0.25) is 15.7 Å². The summed E-state index contributed by atoms with van der Waals surface area (Å²) >= 11 is 1.55. The lowest BCUT2D eigenvalue weighted by atomic mass is 10.2. The van der Waals surface area contributed by atoms with Crippen LogP contribution in [0, 0.1) is 5.41 Å². The number of rotatable bonds is 3. The van der Waals surface area contributed by atoms with Gasteiger partial charge in [-0.15, -0.1) is 11.3 Å². The number of nitrogens with zero attached hydrogens (tertiary/aromatic N) is 2. The Morgan fingerprint density at radius 3 is 2.96 bits per heavy atom. The van der Waals surface area contributed by atoms with E-state index in [0.717, 1.165) is 15.8 Å². The Bertz CT molecular complexity index is 920. The number of aromatic nitrogens is 2. The number of hydrogen-bond donors (Lipinski definition) is 2. The molecule has 1 amide bonds. The minimum absolute atomic E-state index is 0.0378. The highest BCUT2D eigenvalue weighted by atomic mass is 32.1. The second kappa shape index (κ2) is 6.68. The molecule has 0 spiro atoms. The molecule has 0 aliphatic rings. The van der Waals surface area contributed by atoms with Gasteiger partial charge in [-0.25, -0.2) is 4.79 Å². The molecule has 0 saturated carbocycles. The molecule has 7 heteroatoms.